The summed E-state index contributed by atoms with van der Waals surface area (Å²) in [6.45, 7) is 1.68. The Labute approximate surface area is 140 Å². The second-order valence-electron chi connectivity index (χ2n) is 4.91. The molecule has 124 valence electrons. The average molecular weight is 375 g/mol. The first-order chi connectivity index (χ1) is 10.6. The van der Waals surface area contributed by atoms with Gasteiger partial charge in [0.05, 0.1) is 9.79 Å². The van der Waals surface area contributed by atoms with E-state index in [4.69, 9.17) is 16.7 Å². The lowest BCUT2D eigenvalue weighted by molar-refractivity contribution is 0.566. The van der Waals surface area contributed by atoms with Crippen LogP contribution in [0.4, 0.5) is 0 Å². The molecule has 0 unspecified atom stereocenters. The van der Waals surface area contributed by atoms with E-state index in [1.54, 1.807) is 31.2 Å². The lowest BCUT2D eigenvalue weighted by Gasteiger charge is -2.15. The standard InChI is InChI=1S/C14H15ClN2O4S2/c1-10(11-3-2-4-12(15)9-11)17-23(20,21)14-7-5-13(6-8-14)22(16,18)19/h2-10,17H,1H3,(H2,16,18,19)/t10-/m0/s1. The van der Waals surface area contributed by atoms with E-state index < -0.39 is 26.1 Å². The minimum Gasteiger partial charge on any atom is -0.225 e. The number of primary sulfonamides is 1. The Kier molecular flexibility index (Phi) is 5.12. The predicted octanol–water partition coefficient (Wildman–Crippen LogP) is 2.03. The van der Waals surface area contributed by atoms with Gasteiger partial charge >= 0.3 is 0 Å². The van der Waals surface area contributed by atoms with Crippen molar-refractivity contribution >= 4 is 31.6 Å². The van der Waals surface area contributed by atoms with Crippen molar-refractivity contribution in [3.05, 3.63) is 59.1 Å². The highest BCUT2D eigenvalue weighted by Gasteiger charge is 2.19. The third-order valence-electron chi connectivity index (χ3n) is 3.14. The van der Waals surface area contributed by atoms with Crippen LogP contribution in [-0.4, -0.2) is 16.8 Å². The average Bonchev–Trinajstić information content (AvgIpc) is 2.46. The summed E-state index contributed by atoms with van der Waals surface area (Å²) in [6.07, 6.45) is 0. The minimum atomic E-state index is -3.87. The maximum atomic E-state index is 12.3. The van der Waals surface area contributed by atoms with Crippen LogP contribution in [0.3, 0.4) is 0 Å². The predicted molar refractivity (Wildman–Crippen MR) is 88.0 cm³/mol. The van der Waals surface area contributed by atoms with E-state index in [-0.39, 0.29) is 9.79 Å². The third kappa shape index (κ3) is 4.52. The number of nitrogens with two attached hydrogens (primary N) is 1. The Morgan fingerprint density at radius 2 is 1.57 bits per heavy atom. The highest BCUT2D eigenvalue weighted by atomic mass is 35.5. The van der Waals surface area contributed by atoms with Crippen molar-refractivity contribution in [3.8, 4) is 0 Å². The largest absolute Gasteiger partial charge is 0.241 e. The van der Waals surface area contributed by atoms with Crippen LogP contribution in [0.25, 0.3) is 0 Å². The van der Waals surface area contributed by atoms with Crippen LogP contribution < -0.4 is 9.86 Å². The van der Waals surface area contributed by atoms with E-state index in [0.29, 0.717) is 10.6 Å². The van der Waals surface area contributed by atoms with Crippen molar-refractivity contribution in [2.24, 2.45) is 5.14 Å². The summed E-state index contributed by atoms with van der Waals surface area (Å²) in [4.78, 5) is -0.210. The van der Waals surface area contributed by atoms with E-state index in [0.717, 1.165) is 12.1 Å². The van der Waals surface area contributed by atoms with Gasteiger partial charge in [-0.15, -0.1) is 0 Å². The first kappa shape index (κ1) is 17.9. The third-order valence-corrected chi connectivity index (χ3v) is 5.86. The lowest BCUT2D eigenvalue weighted by atomic mass is 10.1. The Morgan fingerprint density at radius 3 is 2.09 bits per heavy atom. The van der Waals surface area contributed by atoms with Crippen LogP contribution in [0.5, 0.6) is 0 Å². The molecule has 0 bridgehead atoms. The van der Waals surface area contributed by atoms with Gasteiger partial charge in [-0.1, -0.05) is 23.7 Å². The molecule has 0 aromatic heterocycles. The molecule has 0 aliphatic heterocycles. The number of sulfonamides is 2. The van der Waals surface area contributed by atoms with Gasteiger partial charge in [-0.05, 0) is 48.9 Å². The zero-order valence-corrected chi connectivity index (χ0v) is 14.5. The molecule has 9 heteroatoms. The van der Waals surface area contributed by atoms with E-state index >= 15 is 0 Å². The van der Waals surface area contributed by atoms with Crippen LogP contribution >= 0.6 is 11.6 Å². The van der Waals surface area contributed by atoms with Crippen molar-refractivity contribution in [1.82, 2.24) is 4.72 Å². The number of rotatable bonds is 5. The second-order valence-corrected chi connectivity index (χ2v) is 8.63. The molecule has 0 fully saturated rings. The molecule has 0 radical (unpaired) electrons. The monoisotopic (exact) mass is 374 g/mol. The Morgan fingerprint density at radius 1 is 1.00 bits per heavy atom. The van der Waals surface area contributed by atoms with Gasteiger partial charge in [-0.3, -0.25) is 0 Å². The topological polar surface area (TPSA) is 106 Å². The molecule has 0 aliphatic carbocycles. The smallest absolute Gasteiger partial charge is 0.225 e. The summed E-state index contributed by atoms with van der Waals surface area (Å²) in [5, 5.41) is 5.49. The molecule has 23 heavy (non-hydrogen) atoms. The molecule has 0 saturated carbocycles. The molecule has 2 rings (SSSR count). The van der Waals surface area contributed by atoms with Crippen molar-refractivity contribution in [2.75, 3.05) is 0 Å². The van der Waals surface area contributed by atoms with Crippen molar-refractivity contribution < 1.29 is 16.8 Å². The van der Waals surface area contributed by atoms with Gasteiger partial charge in [0.25, 0.3) is 0 Å². The molecule has 0 spiro atoms. The fourth-order valence-corrected chi connectivity index (χ4v) is 3.90. The van der Waals surface area contributed by atoms with Gasteiger partial charge in [-0.25, -0.2) is 26.7 Å². The minimum absolute atomic E-state index is 0.0567. The second kappa shape index (κ2) is 6.58. The molecular formula is C14H15ClN2O4S2. The maximum Gasteiger partial charge on any atom is 0.241 e. The van der Waals surface area contributed by atoms with Crippen molar-refractivity contribution in [1.29, 1.82) is 0 Å². The first-order valence-corrected chi connectivity index (χ1v) is 9.91. The maximum absolute atomic E-state index is 12.3. The summed E-state index contributed by atoms with van der Waals surface area (Å²) in [6, 6.07) is 11.0. The van der Waals surface area contributed by atoms with E-state index in [1.165, 1.54) is 12.1 Å². The molecule has 0 amide bonds. The zero-order chi connectivity index (χ0) is 17.3. The van der Waals surface area contributed by atoms with Crippen molar-refractivity contribution in [2.45, 2.75) is 22.8 Å². The van der Waals surface area contributed by atoms with E-state index in [9.17, 15) is 16.8 Å². The number of hydrogen-bond donors (Lipinski definition) is 2. The summed E-state index contributed by atoms with van der Waals surface area (Å²) in [7, 11) is -7.68. The van der Waals surface area contributed by atoms with Gasteiger partial charge in [0.2, 0.25) is 20.0 Å². The van der Waals surface area contributed by atoms with Gasteiger partial charge in [-0.2, -0.15) is 0 Å². The Hall–Kier alpha value is -1.45. The van der Waals surface area contributed by atoms with Gasteiger partial charge in [0.15, 0.2) is 0 Å². The van der Waals surface area contributed by atoms with Crippen LogP contribution in [-0.2, 0) is 20.0 Å². The molecular weight excluding hydrogens is 360 g/mol. The number of halogens is 1. The van der Waals surface area contributed by atoms with E-state index in [2.05, 4.69) is 4.72 Å². The van der Waals surface area contributed by atoms with E-state index in [1.807, 2.05) is 0 Å². The normalized spacial score (nSPS) is 13.7. The fraction of sp³-hybridized carbons (Fsp3) is 0.143. The summed E-state index contributed by atoms with van der Waals surface area (Å²) in [5.41, 5.74) is 0.710. The van der Waals surface area contributed by atoms with Crippen LogP contribution in [0, 0.1) is 0 Å². The van der Waals surface area contributed by atoms with Crippen LogP contribution in [0.15, 0.2) is 58.3 Å². The fourth-order valence-electron chi connectivity index (χ4n) is 1.95. The van der Waals surface area contributed by atoms with Crippen LogP contribution in [0.1, 0.15) is 18.5 Å². The van der Waals surface area contributed by atoms with Crippen LogP contribution in [0.2, 0.25) is 5.02 Å². The molecule has 0 aliphatic rings. The summed E-state index contributed by atoms with van der Waals surface area (Å²) < 4.78 is 49.6. The molecule has 1 atom stereocenters. The highest BCUT2D eigenvalue weighted by molar-refractivity contribution is 7.89. The molecule has 6 nitrogen and oxygen atoms in total. The molecule has 0 saturated heterocycles. The van der Waals surface area contributed by atoms with Gasteiger partial charge in [0, 0.05) is 11.1 Å². The highest BCUT2D eigenvalue weighted by Crippen LogP contribution is 2.20. The lowest BCUT2D eigenvalue weighted by Crippen LogP contribution is -2.27. The SMILES string of the molecule is C[C@H](NS(=O)(=O)c1ccc(S(N)(=O)=O)cc1)c1cccc(Cl)c1. The van der Waals surface area contributed by atoms with Gasteiger partial charge < -0.3 is 0 Å². The van der Waals surface area contributed by atoms with Crippen molar-refractivity contribution in [3.63, 3.8) is 0 Å². The first-order valence-electron chi connectivity index (χ1n) is 6.50. The summed E-state index contributed by atoms with van der Waals surface area (Å²) in [5.74, 6) is 0. The number of benzene rings is 2. The molecule has 2 aromatic carbocycles. The quantitative estimate of drug-likeness (QED) is 0.834. The molecule has 0 heterocycles. The van der Waals surface area contributed by atoms with Gasteiger partial charge in [0.1, 0.15) is 0 Å². The Balaban J connectivity index is 2.25. The molecule has 3 N–H and O–H groups in total. The number of hydrogen-bond acceptors (Lipinski definition) is 4. The summed E-state index contributed by atoms with van der Waals surface area (Å²) >= 11 is 5.89. The number of nitrogens with one attached hydrogen (secondary N) is 1. The Bertz CT molecular complexity index is 910. The zero-order valence-electron chi connectivity index (χ0n) is 12.1. The molecule has 2 aromatic rings.